The number of alkyl halides is 1. The van der Waals surface area contributed by atoms with Crippen molar-refractivity contribution < 1.29 is 44.4 Å². The van der Waals surface area contributed by atoms with Crippen LogP contribution in [0.2, 0.25) is 0 Å². The van der Waals surface area contributed by atoms with E-state index in [9.17, 15) is 44.4 Å². The largest absolute Gasteiger partial charge is 0.480 e. The molecule has 0 radical (unpaired) electrons. The van der Waals surface area contributed by atoms with Crippen LogP contribution in [0.1, 0.15) is 5.56 Å². The lowest BCUT2D eigenvalue weighted by atomic mass is 10.0. The summed E-state index contributed by atoms with van der Waals surface area (Å²) in [6.07, 6.45) is 0.355. The highest BCUT2D eigenvalue weighted by Crippen LogP contribution is 2.16. The Morgan fingerprint density at radius 1 is 0.700 bits per heavy atom. The van der Waals surface area contributed by atoms with Crippen LogP contribution in [-0.2, 0) is 30.4 Å². The number of carbonyl (C=O) groups excluding carboxylic acids is 1. The molecule has 1 amide bonds. The van der Waals surface area contributed by atoms with E-state index in [-0.39, 0.29) is 83.2 Å². The molecule has 1 aliphatic rings. The molecule has 0 spiro atoms. The van der Waals surface area contributed by atoms with Crippen LogP contribution in [-0.4, -0.2) is 153 Å². The molecule has 1 aromatic carbocycles. The monoisotopic (exact) mass is 629 g/mol. The minimum Gasteiger partial charge on any atom is -0.480 e. The van der Waals surface area contributed by atoms with Gasteiger partial charge in [0.15, 0.2) is 0 Å². The van der Waals surface area contributed by atoms with Gasteiger partial charge in [-0.25, -0.2) is 0 Å². The van der Waals surface area contributed by atoms with Crippen molar-refractivity contribution in [3.8, 4) is 0 Å². The summed E-state index contributed by atoms with van der Waals surface area (Å²) in [6, 6.07) is 6.58. The molecule has 0 bridgehead atoms. The van der Waals surface area contributed by atoms with Gasteiger partial charge in [0.05, 0.1) is 31.5 Å². The molecular formula is C25H36BrN5O9. The summed E-state index contributed by atoms with van der Waals surface area (Å²) >= 11 is 3.09. The second kappa shape index (κ2) is 16.9. The summed E-state index contributed by atoms with van der Waals surface area (Å²) in [4.78, 5) is 64.7. The lowest BCUT2D eigenvalue weighted by Crippen LogP contribution is -2.53. The van der Waals surface area contributed by atoms with Crippen molar-refractivity contribution in [1.29, 1.82) is 0 Å². The van der Waals surface area contributed by atoms with E-state index in [2.05, 4.69) is 21.2 Å². The van der Waals surface area contributed by atoms with Gasteiger partial charge in [-0.05, 0) is 24.1 Å². The summed E-state index contributed by atoms with van der Waals surface area (Å²) in [7, 11) is 0. The highest BCUT2D eigenvalue weighted by Gasteiger charge is 2.27. The molecule has 222 valence electrons. The molecular weight excluding hydrogens is 594 g/mol. The molecule has 0 aromatic heterocycles. The zero-order chi connectivity index (χ0) is 29.7. The number of carboxylic acid groups (broad SMARTS) is 4. The zero-order valence-electron chi connectivity index (χ0n) is 22.1. The minimum atomic E-state index is -1.08. The maximum Gasteiger partial charge on any atom is 0.317 e. The summed E-state index contributed by atoms with van der Waals surface area (Å²) < 4.78 is 0. The number of rotatable bonds is 12. The summed E-state index contributed by atoms with van der Waals surface area (Å²) in [5, 5.41) is 40.8. The van der Waals surface area contributed by atoms with E-state index in [1.165, 1.54) is 0 Å². The number of nitrogens with one attached hydrogen (secondary N) is 1. The van der Waals surface area contributed by atoms with Crippen molar-refractivity contribution in [3.05, 3.63) is 29.8 Å². The number of benzene rings is 1. The third-order valence-electron chi connectivity index (χ3n) is 6.40. The molecule has 1 aromatic rings. The first kappa shape index (κ1) is 33.1. The Hall–Kier alpha value is -3.11. The van der Waals surface area contributed by atoms with Crippen LogP contribution in [0, 0.1) is 0 Å². The van der Waals surface area contributed by atoms with Gasteiger partial charge >= 0.3 is 23.9 Å². The highest BCUT2D eigenvalue weighted by molar-refractivity contribution is 9.09. The zero-order valence-corrected chi connectivity index (χ0v) is 23.7. The van der Waals surface area contributed by atoms with Crippen LogP contribution >= 0.6 is 15.9 Å². The van der Waals surface area contributed by atoms with Gasteiger partial charge < -0.3 is 25.7 Å². The lowest BCUT2D eigenvalue weighted by Gasteiger charge is -2.37. The number of carbonyl (C=O) groups is 5. The van der Waals surface area contributed by atoms with E-state index in [0.29, 0.717) is 12.1 Å². The average molecular weight is 630 g/mol. The van der Waals surface area contributed by atoms with Crippen molar-refractivity contribution >= 4 is 51.4 Å². The smallest absolute Gasteiger partial charge is 0.317 e. The molecule has 0 unspecified atom stereocenters. The molecule has 15 heteroatoms. The van der Waals surface area contributed by atoms with E-state index in [1.54, 1.807) is 43.9 Å². The van der Waals surface area contributed by atoms with Crippen LogP contribution in [0.5, 0.6) is 0 Å². The van der Waals surface area contributed by atoms with Gasteiger partial charge in [0.25, 0.3) is 0 Å². The fraction of sp³-hybridized carbons (Fsp3) is 0.560. The van der Waals surface area contributed by atoms with E-state index < -0.39 is 29.9 Å². The number of nitrogens with zero attached hydrogens (tertiary/aromatic N) is 4. The minimum absolute atomic E-state index is 0.142. The van der Waals surface area contributed by atoms with Crippen LogP contribution in [0.25, 0.3) is 0 Å². The Bertz CT molecular complexity index is 1030. The quantitative estimate of drug-likeness (QED) is 0.186. The predicted molar refractivity (Wildman–Crippen MR) is 148 cm³/mol. The van der Waals surface area contributed by atoms with Gasteiger partial charge in [0, 0.05) is 57.5 Å². The molecule has 1 fully saturated rings. The SMILES string of the molecule is O=C(O)CN1CCN(CC(=O)O)CCN(CC(=O)O)[C@@H](Cc2ccc(NC(=O)CBr)cc2)CN(CC(=O)O)CC1. The number of hydrogen-bond donors (Lipinski definition) is 5. The van der Waals surface area contributed by atoms with Crippen molar-refractivity contribution in [2.24, 2.45) is 0 Å². The van der Waals surface area contributed by atoms with E-state index in [1.807, 2.05) is 0 Å². The first-order chi connectivity index (χ1) is 18.9. The predicted octanol–water partition coefficient (Wildman–Crippen LogP) is -0.509. The number of hydrogen-bond acceptors (Lipinski definition) is 9. The third-order valence-corrected chi connectivity index (χ3v) is 6.91. The molecule has 0 saturated carbocycles. The molecule has 2 rings (SSSR count). The van der Waals surface area contributed by atoms with E-state index >= 15 is 0 Å². The first-order valence-corrected chi connectivity index (χ1v) is 13.8. The van der Waals surface area contributed by atoms with Gasteiger partial charge in [0.1, 0.15) is 0 Å². The Kier molecular flexibility index (Phi) is 14.0. The standard InChI is InChI=1S/C25H36BrN5O9/c26-12-21(32)27-19-3-1-18(2-4-19)11-20-13-30(16-24(37)38)8-7-28(14-22(33)34)5-6-29(15-23(35)36)9-10-31(20)17-25(39)40/h1-4,20H,5-17H2,(H,27,32)(H,33,34)(H,35,36)(H,37,38)(H,39,40)/t20-/m0/s1. The number of halogens is 1. The van der Waals surface area contributed by atoms with Crippen LogP contribution in [0.4, 0.5) is 5.69 Å². The second-order valence-corrected chi connectivity index (χ2v) is 10.1. The van der Waals surface area contributed by atoms with Crippen molar-refractivity contribution in [3.63, 3.8) is 0 Å². The first-order valence-electron chi connectivity index (χ1n) is 12.7. The molecule has 14 nitrogen and oxygen atoms in total. The summed E-state index contributed by atoms with van der Waals surface area (Å²) in [5.74, 6) is -4.47. The van der Waals surface area contributed by atoms with Crippen molar-refractivity contribution in [2.75, 3.05) is 82.6 Å². The molecule has 40 heavy (non-hydrogen) atoms. The average Bonchev–Trinajstić information content (AvgIpc) is 2.86. The van der Waals surface area contributed by atoms with Gasteiger partial charge in [-0.15, -0.1) is 0 Å². The fourth-order valence-corrected chi connectivity index (χ4v) is 4.69. The Labute approximate surface area is 240 Å². The lowest BCUT2D eigenvalue weighted by molar-refractivity contribution is -0.142. The van der Waals surface area contributed by atoms with E-state index in [0.717, 1.165) is 5.56 Å². The Morgan fingerprint density at radius 3 is 1.62 bits per heavy atom. The number of amides is 1. The fourth-order valence-electron chi connectivity index (χ4n) is 4.55. The van der Waals surface area contributed by atoms with E-state index in [4.69, 9.17) is 0 Å². The van der Waals surface area contributed by atoms with Crippen molar-refractivity contribution in [1.82, 2.24) is 19.6 Å². The summed E-state index contributed by atoms with van der Waals surface area (Å²) in [6.45, 7) is 0.304. The third kappa shape index (κ3) is 12.8. The van der Waals surface area contributed by atoms with Crippen LogP contribution < -0.4 is 5.32 Å². The maximum atomic E-state index is 11.8. The molecule has 1 saturated heterocycles. The number of aliphatic carboxylic acids is 4. The second-order valence-electron chi connectivity index (χ2n) is 9.57. The molecule has 1 heterocycles. The normalized spacial score (nSPS) is 18.8. The maximum absolute atomic E-state index is 11.8. The van der Waals surface area contributed by atoms with Crippen LogP contribution in [0.15, 0.2) is 24.3 Å². The number of carboxylic acids is 4. The molecule has 5 N–H and O–H groups in total. The van der Waals surface area contributed by atoms with Gasteiger partial charge in [-0.2, -0.15) is 0 Å². The molecule has 0 aliphatic carbocycles. The Balaban J connectivity index is 2.38. The van der Waals surface area contributed by atoms with Gasteiger partial charge in [0.2, 0.25) is 5.91 Å². The van der Waals surface area contributed by atoms with Gasteiger partial charge in [-0.1, -0.05) is 28.1 Å². The highest BCUT2D eigenvalue weighted by atomic mass is 79.9. The van der Waals surface area contributed by atoms with Crippen LogP contribution in [0.3, 0.4) is 0 Å². The summed E-state index contributed by atoms with van der Waals surface area (Å²) in [5.41, 5.74) is 1.42. The topological polar surface area (TPSA) is 191 Å². The van der Waals surface area contributed by atoms with Gasteiger partial charge in [-0.3, -0.25) is 43.6 Å². The number of anilines is 1. The molecule has 1 atom stereocenters. The Morgan fingerprint density at radius 2 is 1.15 bits per heavy atom. The molecule has 1 aliphatic heterocycles. The van der Waals surface area contributed by atoms with Crippen molar-refractivity contribution in [2.45, 2.75) is 12.5 Å².